The van der Waals surface area contributed by atoms with Crippen LogP contribution in [0.2, 0.25) is 0 Å². The number of rotatable bonds is 1. The quantitative estimate of drug-likeness (QED) is 0.786. The van der Waals surface area contributed by atoms with Gasteiger partial charge in [-0.05, 0) is 19.1 Å². The molecule has 0 saturated heterocycles. The molecular weight excluding hydrogens is 202 g/mol. The highest BCUT2D eigenvalue weighted by molar-refractivity contribution is 5.65. The summed E-state index contributed by atoms with van der Waals surface area (Å²) in [5.74, 6) is -0.834. The lowest BCUT2D eigenvalue weighted by Crippen LogP contribution is -1.87. The van der Waals surface area contributed by atoms with Crippen LogP contribution in [0.25, 0.3) is 11.3 Å². The summed E-state index contributed by atoms with van der Waals surface area (Å²) < 4.78 is 30.7. The number of halogens is 2. The zero-order chi connectivity index (χ0) is 11.0. The van der Waals surface area contributed by atoms with Gasteiger partial charge in [0.15, 0.2) is 11.6 Å². The van der Waals surface area contributed by atoms with Crippen LogP contribution < -0.4 is 5.73 Å². The van der Waals surface area contributed by atoms with Crippen molar-refractivity contribution >= 4 is 5.82 Å². The van der Waals surface area contributed by atoms with Gasteiger partial charge in [-0.3, -0.25) is 0 Å². The van der Waals surface area contributed by atoms with Gasteiger partial charge in [0.2, 0.25) is 0 Å². The molecule has 1 aromatic heterocycles. The van der Waals surface area contributed by atoms with E-state index in [1.807, 2.05) is 0 Å². The molecule has 1 heterocycles. The predicted octanol–water partition coefficient (Wildman–Crippen LogP) is 2.51. The molecule has 2 aromatic rings. The minimum absolute atomic E-state index is 0.217. The van der Waals surface area contributed by atoms with Crippen LogP contribution in [0.15, 0.2) is 22.7 Å². The van der Waals surface area contributed by atoms with E-state index in [4.69, 9.17) is 10.3 Å². The number of anilines is 1. The fourth-order valence-corrected chi connectivity index (χ4v) is 1.30. The summed E-state index contributed by atoms with van der Waals surface area (Å²) in [7, 11) is 0. The van der Waals surface area contributed by atoms with E-state index in [1.54, 1.807) is 6.92 Å². The summed E-state index contributed by atoms with van der Waals surface area (Å²) >= 11 is 0. The van der Waals surface area contributed by atoms with Crippen molar-refractivity contribution < 1.29 is 13.3 Å². The summed E-state index contributed by atoms with van der Waals surface area (Å²) in [5, 5.41) is 3.51. The Bertz CT molecular complexity index is 488. The van der Waals surface area contributed by atoms with Crippen LogP contribution in [-0.4, -0.2) is 5.16 Å². The second kappa shape index (κ2) is 3.34. The van der Waals surface area contributed by atoms with Crippen LogP contribution in [0.5, 0.6) is 0 Å². The van der Waals surface area contributed by atoms with E-state index in [0.29, 0.717) is 5.56 Å². The fraction of sp³-hybridized carbons (Fsp3) is 0.100. The molecule has 0 unspecified atom stereocenters. The summed E-state index contributed by atoms with van der Waals surface area (Å²) in [6.07, 6.45) is 0. The van der Waals surface area contributed by atoms with Crippen molar-refractivity contribution in [3.63, 3.8) is 0 Å². The summed E-state index contributed by atoms with van der Waals surface area (Å²) in [5.41, 5.74) is 6.32. The topological polar surface area (TPSA) is 52.0 Å². The van der Waals surface area contributed by atoms with Crippen molar-refractivity contribution in [3.05, 3.63) is 35.4 Å². The number of nitrogens with zero attached hydrogens (tertiary/aromatic N) is 1. The van der Waals surface area contributed by atoms with Gasteiger partial charge in [-0.1, -0.05) is 5.16 Å². The van der Waals surface area contributed by atoms with Gasteiger partial charge < -0.3 is 10.3 Å². The standard InChI is InChI=1S/C10H8F2N2O/c1-5-9(15-14-10(5)13)6-2-7(11)4-8(12)3-6/h2-4H,1H3,(H2,13,14). The second-order valence-electron chi connectivity index (χ2n) is 3.18. The van der Waals surface area contributed by atoms with Crippen LogP contribution in [0.1, 0.15) is 5.56 Å². The molecule has 15 heavy (non-hydrogen) atoms. The molecular formula is C10H8F2N2O. The maximum atomic E-state index is 12.9. The first-order valence-corrected chi connectivity index (χ1v) is 4.26. The second-order valence-corrected chi connectivity index (χ2v) is 3.18. The Hall–Kier alpha value is -1.91. The first kappa shape index (κ1) is 9.64. The molecule has 0 fully saturated rings. The van der Waals surface area contributed by atoms with E-state index in [0.717, 1.165) is 18.2 Å². The Morgan fingerprint density at radius 3 is 2.27 bits per heavy atom. The van der Waals surface area contributed by atoms with Crippen molar-refractivity contribution in [1.29, 1.82) is 0 Å². The average Bonchev–Trinajstić information content (AvgIpc) is 2.46. The maximum absolute atomic E-state index is 12.9. The van der Waals surface area contributed by atoms with Gasteiger partial charge in [0, 0.05) is 17.2 Å². The summed E-state index contributed by atoms with van der Waals surface area (Å²) in [6, 6.07) is 3.12. The Labute approximate surface area is 84.5 Å². The SMILES string of the molecule is Cc1c(N)noc1-c1cc(F)cc(F)c1. The molecule has 1 aromatic carbocycles. The summed E-state index contributed by atoms with van der Waals surface area (Å²) in [4.78, 5) is 0. The zero-order valence-corrected chi connectivity index (χ0v) is 7.92. The Morgan fingerprint density at radius 1 is 1.20 bits per heavy atom. The smallest absolute Gasteiger partial charge is 0.172 e. The molecule has 0 aliphatic rings. The minimum Gasteiger partial charge on any atom is -0.381 e. The first-order chi connectivity index (χ1) is 7.08. The normalized spacial score (nSPS) is 10.6. The molecule has 0 saturated carbocycles. The van der Waals surface area contributed by atoms with Crippen LogP contribution in [0.4, 0.5) is 14.6 Å². The van der Waals surface area contributed by atoms with Gasteiger partial charge in [0.25, 0.3) is 0 Å². The van der Waals surface area contributed by atoms with Gasteiger partial charge in [-0.15, -0.1) is 0 Å². The molecule has 3 nitrogen and oxygen atoms in total. The number of aromatic nitrogens is 1. The molecule has 0 aliphatic carbocycles. The van der Waals surface area contributed by atoms with Crippen LogP contribution in [0.3, 0.4) is 0 Å². The number of hydrogen-bond acceptors (Lipinski definition) is 3. The van der Waals surface area contributed by atoms with Crippen molar-refractivity contribution in [2.75, 3.05) is 5.73 Å². The number of benzene rings is 1. The van der Waals surface area contributed by atoms with Crippen LogP contribution in [0, 0.1) is 18.6 Å². The van der Waals surface area contributed by atoms with Gasteiger partial charge in [-0.25, -0.2) is 8.78 Å². The van der Waals surface area contributed by atoms with E-state index in [-0.39, 0.29) is 17.1 Å². The Balaban J connectivity index is 2.58. The molecule has 5 heteroatoms. The van der Waals surface area contributed by atoms with Gasteiger partial charge >= 0.3 is 0 Å². The van der Waals surface area contributed by atoms with E-state index in [2.05, 4.69) is 5.16 Å². The molecule has 0 aliphatic heterocycles. The van der Waals surface area contributed by atoms with Crippen molar-refractivity contribution in [3.8, 4) is 11.3 Å². The molecule has 0 amide bonds. The van der Waals surface area contributed by atoms with Gasteiger partial charge in [-0.2, -0.15) is 0 Å². The molecule has 0 radical (unpaired) electrons. The third-order valence-corrected chi connectivity index (χ3v) is 2.08. The molecule has 2 N–H and O–H groups in total. The van der Waals surface area contributed by atoms with E-state index in [1.165, 1.54) is 0 Å². The average molecular weight is 210 g/mol. The first-order valence-electron chi connectivity index (χ1n) is 4.26. The van der Waals surface area contributed by atoms with Crippen molar-refractivity contribution in [2.45, 2.75) is 6.92 Å². The highest BCUT2D eigenvalue weighted by Crippen LogP contribution is 2.27. The number of nitrogens with two attached hydrogens (primary N) is 1. The Kier molecular flexibility index (Phi) is 2.15. The maximum Gasteiger partial charge on any atom is 0.172 e. The third kappa shape index (κ3) is 1.68. The molecule has 0 spiro atoms. The fourth-order valence-electron chi connectivity index (χ4n) is 1.30. The van der Waals surface area contributed by atoms with E-state index >= 15 is 0 Å². The molecule has 2 rings (SSSR count). The molecule has 0 atom stereocenters. The van der Waals surface area contributed by atoms with E-state index < -0.39 is 11.6 Å². The van der Waals surface area contributed by atoms with E-state index in [9.17, 15) is 8.78 Å². The molecule has 78 valence electrons. The lowest BCUT2D eigenvalue weighted by atomic mass is 10.1. The highest BCUT2D eigenvalue weighted by atomic mass is 19.1. The van der Waals surface area contributed by atoms with Crippen LogP contribution >= 0.6 is 0 Å². The van der Waals surface area contributed by atoms with Crippen molar-refractivity contribution in [1.82, 2.24) is 5.16 Å². The largest absolute Gasteiger partial charge is 0.381 e. The monoisotopic (exact) mass is 210 g/mol. The minimum atomic E-state index is -0.667. The lowest BCUT2D eigenvalue weighted by molar-refractivity contribution is 0.434. The molecule has 0 bridgehead atoms. The zero-order valence-electron chi connectivity index (χ0n) is 7.92. The van der Waals surface area contributed by atoms with Gasteiger partial charge in [0.1, 0.15) is 11.6 Å². The predicted molar refractivity (Wildman–Crippen MR) is 51.0 cm³/mol. The van der Waals surface area contributed by atoms with Gasteiger partial charge in [0.05, 0.1) is 0 Å². The lowest BCUT2D eigenvalue weighted by Gasteiger charge is -1.98. The number of nitrogen functional groups attached to an aromatic ring is 1. The van der Waals surface area contributed by atoms with Crippen LogP contribution in [-0.2, 0) is 0 Å². The number of hydrogen-bond donors (Lipinski definition) is 1. The highest BCUT2D eigenvalue weighted by Gasteiger charge is 2.13. The summed E-state index contributed by atoms with van der Waals surface area (Å²) in [6.45, 7) is 1.67. The van der Waals surface area contributed by atoms with Crippen molar-refractivity contribution in [2.24, 2.45) is 0 Å². The Morgan fingerprint density at radius 2 is 1.80 bits per heavy atom. The third-order valence-electron chi connectivity index (χ3n) is 2.08.